The monoisotopic (exact) mass is 328 g/mol. The molecule has 0 aliphatic rings. The van der Waals surface area contributed by atoms with E-state index in [1.54, 1.807) is 12.1 Å². The molecular weight excluding hydrogens is 312 g/mol. The Kier molecular flexibility index (Phi) is 4.94. The molecule has 1 rings (SSSR count). The summed E-state index contributed by atoms with van der Waals surface area (Å²) in [5.74, 6) is -1.50. The van der Waals surface area contributed by atoms with Crippen molar-refractivity contribution in [1.82, 2.24) is 5.32 Å². The third-order valence-corrected chi connectivity index (χ3v) is 3.25. The van der Waals surface area contributed by atoms with Gasteiger partial charge in [0.2, 0.25) is 0 Å². The standard InChI is InChI=1S/C13H17BrN2O3/c1-3-4-13(2,12(18)19)16-11(17)8-5-9(14)7-10(15)6-8/h5-7H,3-4,15H2,1-2H3,(H,16,17)(H,18,19). The number of rotatable bonds is 5. The molecule has 0 aromatic heterocycles. The molecule has 0 spiro atoms. The van der Waals surface area contributed by atoms with Crippen LogP contribution in [-0.2, 0) is 4.79 Å². The van der Waals surface area contributed by atoms with Crippen molar-refractivity contribution in [2.75, 3.05) is 5.73 Å². The molecule has 0 aliphatic heterocycles. The Morgan fingerprint density at radius 1 is 1.42 bits per heavy atom. The Balaban J connectivity index is 2.97. The summed E-state index contributed by atoms with van der Waals surface area (Å²) in [5.41, 5.74) is 5.14. The van der Waals surface area contributed by atoms with E-state index in [0.717, 1.165) is 0 Å². The van der Waals surface area contributed by atoms with Gasteiger partial charge in [-0.1, -0.05) is 29.3 Å². The maximum atomic E-state index is 12.1. The molecule has 4 N–H and O–H groups in total. The van der Waals surface area contributed by atoms with Crippen molar-refractivity contribution in [3.05, 3.63) is 28.2 Å². The molecule has 0 saturated heterocycles. The van der Waals surface area contributed by atoms with Crippen molar-refractivity contribution in [3.63, 3.8) is 0 Å². The molecule has 1 aromatic carbocycles. The fourth-order valence-electron chi connectivity index (χ4n) is 1.79. The highest BCUT2D eigenvalue weighted by Crippen LogP contribution is 2.19. The Hall–Kier alpha value is -1.56. The van der Waals surface area contributed by atoms with Gasteiger partial charge in [-0.15, -0.1) is 0 Å². The summed E-state index contributed by atoms with van der Waals surface area (Å²) in [5, 5.41) is 11.8. The molecule has 1 atom stereocenters. The number of nitrogen functional groups attached to an aromatic ring is 1. The first kappa shape index (κ1) is 15.5. The molecule has 0 radical (unpaired) electrons. The number of carboxylic acid groups (broad SMARTS) is 1. The fraction of sp³-hybridized carbons (Fsp3) is 0.385. The predicted octanol–water partition coefficient (Wildman–Crippen LogP) is 2.40. The molecule has 0 heterocycles. The van der Waals surface area contributed by atoms with E-state index >= 15 is 0 Å². The second-order valence-corrected chi connectivity index (χ2v) is 5.53. The minimum absolute atomic E-state index is 0.329. The number of hydrogen-bond donors (Lipinski definition) is 3. The van der Waals surface area contributed by atoms with Crippen molar-refractivity contribution in [3.8, 4) is 0 Å². The second-order valence-electron chi connectivity index (χ2n) is 4.61. The Morgan fingerprint density at radius 3 is 2.53 bits per heavy atom. The van der Waals surface area contributed by atoms with Crippen LogP contribution >= 0.6 is 15.9 Å². The molecule has 0 fully saturated rings. The third kappa shape index (κ3) is 3.96. The fourth-order valence-corrected chi connectivity index (χ4v) is 2.30. The number of carbonyl (C=O) groups excluding carboxylic acids is 1. The van der Waals surface area contributed by atoms with E-state index in [-0.39, 0.29) is 0 Å². The molecule has 6 heteroatoms. The molecule has 0 bridgehead atoms. The van der Waals surface area contributed by atoms with Gasteiger partial charge in [-0.25, -0.2) is 4.79 Å². The van der Waals surface area contributed by atoms with Crippen LogP contribution in [0.3, 0.4) is 0 Å². The van der Waals surface area contributed by atoms with Crippen LogP contribution in [0.15, 0.2) is 22.7 Å². The molecule has 19 heavy (non-hydrogen) atoms. The number of anilines is 1. The molecular formula is C13H17BrN2O3. The summed E-state index contributed by atoms with van der Waals surface area (Å²) in [7, 11) is 0. The molecule has 0 aliphatic carbocycles. The number of benzene rings is 1. The lowest BCUT2D eigenvalue weighted by Gasteiger charge is -2.25. The zero-order valence-corrected chi connectivity index (χ0v) is 12.5. The van der Waals surface area contributed by atoms with Crippen LogP contribution in [0.25, 0.3) is 0 Å². The van der Waals surface area contributed by atoms with Gasteiger partial charge in [0.15, 0.2) is 0 Å². The van der Waals surface area contributed by atoms with Gasteiger partial charge in [0.25, 0.3) is 5.91 Å². The topological polar surface area (TPSA) is 92.4 Å². The normalized spacial score (nSPS) is 13.6. The van der Waals surface area contributed by atoms with Gasteiger partial charge >= 0.3 is 5.97 Å². The second kappa shape index (κ2) is 6.06. The van der Waals surface area contributed by atoms with Crippen LogP contribution in [0.4, 0.5) is 5.69 Å². The SMILES string of the molecule is CCCC(C)(NC(=O)c1cc(N)cc(Br)c1)C(=O)O. The number of amides is 1. The summed E-state index contributed by atoms with van der Waals surface area (Å²) >= 11 is 3.24. The van der Waals surface area contributed by atoms with Crippen LogP contribution in [0.2, 0.25) is 0 Å². The van der Waals surface area contributed by atoms with E-state index < -0.39 is 17.4 Å². The summed E-state index contributed by atoms with van der Waals surface area (Å²) < 4.78 is 0.671. The average Bonchev–Trinajstić information content (AvgIpc) is 2.27. The molecule has 5 nitrogen and oxygen atoms in total. The number of nitrogens with one attached hydrogen (secondary N) is 1. The summed E-state index contributed by atoms with van der Waals surface area (Å²) in [6.45, 7) is 3.36. The van der Waals surface area contributed by atoms with E-state index in [2.05, 4.69) is 21.2 Å². The molecule has 1 amide bonds. The Labute approximate surface area is 120 Å². The minimum atomic E-state index is -1.27. The van der Waals surface area contributed by atoms with E-state index in [9.17, 15) is 14.7 Å². The van der Waals surface area contributed by atoms with Crippen LogP contribution < -0.4 is 11.1 Å². The summed E-state index contributed by atoms with van der Waals surface area (Å²) in [6.07, 6.45) is 1.02. The largest absolute Gasteiger partial charge is 0.480 e. The smallest absolute Gasteiger partial charge is 0.329 e. The highest BCUT2D eigenvalue weighted by molar-refractivity contribution is 9.10. The average molecular weight is 329 g/mol. The molecule has 1 unspecified atom stereocenters. The zero-order valence-electron chi connectivity index (χ0n) is 10.9. The maximum absolute atomic E-state index is 12.1. The first-order valence-electron chi connectivity index (χ1n) is 5.90. The molecule has 0 saturated carbocycles. The van der Waals surface area contributed by atoms with Crippen molar-refractivity contribution >= 4 is 33.5 Å². The number of nitrogens with two attached hydrogens (primary N) is 1. The van der Waals surface area contributed by atoms with Gasteiger partial charge in [-0.2, -0.15) is 0 Å². The van der Waals surface area contributed by atoms with E-state index in [1.807, 2.05) is 6.92 Å². The van der Waals surface area contributed by atoms with Gasteiger partial charge in [0.1, 0.15) is 5.54 Å². The lowest BCUT2D eigenvalue weighted by molar-refractivity contribution is -0.144. The van der Waals surface area contributed by atoms with Gasteiger partial charge in [0.05, 0.1) is 0 Å². The molecule has 104 valence electrons. The van der Waals surface area contributed by atoms with Gasteiger partial charge < -0.3 is 16.2 Å². The summed E-state index contributed by atoms with van der Waals surface area (Å²) in [4.78, 5) is 23.4. The lowest BCUT2D eigenvalue weighted by Crippen LogP contribution is -2.52. The highest BCUT2D eigenvalue weighted by atomic mass is 79.9. The predicted molar refractivity (Wildman–Crippen MR) is 77.0 cm³/mol. The number of carboxylic acids is 1. The van der Waals surface area contributed by atoms with Gasteiger partial charge in [0, 0.05) is 15.7 Å². The van der Waals surface area contributed by atoms with Crippen molar-refractivity contribution in [1.29, 1.82) is 0 Å². The van der Waals surface area contributed by atoms with E-state index in [0.29, 0.717) is 28.6 Å². The van der Waals surface area contributed by atoms with Crippen molar-refractivity contribution < 1.29 is 14.7 Å². The maximum Gasteiger partial charge on any atom is 0.329 e. The van der Waals surface area contributed by atoms with Gasteiger partial charge in [-0.3, -0.25) is 4.79 Å². The van der Waals surface area contributed by atoms with Crippen molar-refractivity contribution in [2.24, 2.45) is 0 Å². The first-order valence-corrected chi connectivity index (χ1v) is 6.70. The summed E-state index contributed by atoms with van der Waals surface area (Å²) in [6, 6.07) is 4.77. The van der Waals surface area contributed by atoms with Crippen LogP contribution in [-0.4, -0.2) is 22.5 Å². The zero-order chi connectivity index (χ0) is 14.6. The van der Waals surface area contributed by atoms with Crippen molar-refractivity contribution in [2.45, 2.75) is 32.2 Å². The molecule has 1 aromatic rings. The van der Waals surface area contributed by atoms with Crippen LogP contribution in [0.1, 0.15) is 37.0 Å². The Morgan fingerprint density at radius 2 is 2.05 bits per heavy atom. The minimum Gasteiger partial charge on any atom is -0.480 e. The number of halogens is 1. The van der Waals surface area contributed by atoms with Gasteiger partial charge in [-0.05, 0) is 31.5 Å². The van der Waals surface area contributed by atoms with E-state index in [4.69, 9.17) is 5.73 Å². The van der Waals surface area contributed by atoms with Crippen LogP contribution in [0, 0.1) is 0 Å². The quantitative estimate of drug-likeness (QED) is 0.723. The first-order chi connectivity index (χ1) is 8.78. The lowest BCUT2D eigenvalue weighted by atomic mass is 9.95. The third-order valence-electron chi connectivity index (χ3n) is 2.79. The number of carbonyl (C=O) groups is 2. The van der Waals surface area contributed by atoms with Crippen LogP contribution in [0.5, 0.6) is 0 Å². The number of hydrogen-bond acceptors (Lipinski definition) is 3. The Bertz CT molecular complexity index is 484. The highest BCUT2D eigenvalue weighted by Gasteiger charge is 2.34. The number of aliphatic carboxylic acids is 1. The van der Waals surface area contributed by atoms with E-state index in [1.165, 1.54) is 13.0 Å².